The molecule has 20 heavy (non-hydrogen) atoms. The monoisotopic (exact) mass is 295 g/mol. The number of hydrogen-bond acceptors (Lipinski definition) is 5. The Morgan fingerprint density at radius 3 is 2.75 bits per heavy atom. The van der Waals surface area contributed by atoms with Crippen LogP contribution in [-0.2, 0) is 0 Å². The number of rotatable bonds is 5. The van der Waals surface area contributed by atoms with Gasteiger partial charge >= 0.3 is 0 Å². The van der Waals surface area contributed by atoms with E-state index in [1.165, 1.54) is 31.4 Å². The first kappa shape index (κ1) is 14.3. The van der Waals surface area contributed by atoms with Crippen LogP contribution in [0.25, 0.3) is 0 Å². The summed E-state index contributed by atoms with van der Waals surface area (Å²) in [6.07, 6.45) is 4.94. The lowest BCUT2D eigenvalue weighted by molar-refractivity contribution is 0.176. The highest BCUT2D eigenvalue weighted by molar-refractivity contribution is 8.00. The first-order valence-electron chi connectivity index (χ1n) is 7.85. The fourth-order valence-corrected chi connectivity index (χ4v) is 4.52. The van der Waals surface area contributed by atoms with Gasteiger partial charge in [0.1, 0.15) is 0 Å². The maximum Gasteiger partial charge on any atom is 0.168 e. The van der Waals surface area contributed by atoms with Gasteiger partial charge in [0.05, 0.1) is 12.1 Å². The summed E-state index contributed by atoms with van der Waals surface area (Å²) >= 11 is 2.15. The van der Waals surface area contributed by atoms with Crippen molar-refractivity contribution in [3.8, 4) is 0 Å². The topological polar surface area (TPSA) is 46.8 Å². The molecule has 1 saturated heterocycles. The molecule has 1 atom stereocenters. The number of hydrogen-bond donors (Lipinski definition) is 0. The van der Waals surface area contributed by atoms with Crippen LogP contribution in [0, 0.1) is 0 Å². The SMILES string of the molecule is CCC1(CC)CN([C@@H](C)c2nnnn2C2CC2)CCS1. The molecular weight excluding hydrogens is 270 g/mol. The van der Waals surface area contributed by atoms with Gasteiger partial charge in [-0.05, 0) is 43.0 Å². The van der Waals surface area contributed by atoms with Gasteiger partial charge < -0.3 is 0 Å². The second kappa shape index (κ2) is 5.64. The number of aromatic nitrogens is 4. The molecule has 3 rings (SSSR count). The molecule has 1 aromatic rings. The Balaban J connectivity index is 1.76. The van der Waals surface area contributed by atoms with Gasteiger partial charge in [0.25, 0.3) is 0 Å². The van der Waals surface area contributed by atoms with Crippen LogP contribution in [0.3, 0.4) is 0 Å². The Morgan fingerprint density at radius 2 is 2.10 bits per heavy atom. The summed E-state index contributed by atoms with van der Waals surface area (Å²) in [4.78, 5) is 2.58. The molecule has 2 fully saturated rings. The number of thioether (sulfide) groups is 1. The molecule has 1 aliphatic carbocycles. The van der Waals surface area contributed by atoms with Crippen LogP contribution in [-0.4, -0.2) is 48.7 Å². The Bertz CT molecular complexity index is 452. The van der Waals surface area contributed by atoms with Crippen LogP contribution in [0.15, 0.2) is 0 Å². The van der Waals surface area contributed by atoms with Crippen LogP contribution < -0.4 is 0 Å². The van der Waals surface area contributed by atoms with E-state index in [0.717, 1.165) is 18.9 Å². The van der Waals surface area contributed by atoms with E-state index in [0.29, 0.717) is 16.8 Å². The molecule has 1 aliphatic heterocycles. The Hall–Kier alpha value is -0.620. The summed E-state index contributed by atoms with van der Waals surface area (Å²) in [5, 5.41) is 12.4. The third-order valence-corrected chi connectivity index (χ3v) is 6.60. The van der Waals surface area contributed by atoms with Crippen molar-refractivity contribution in [3.63, 3.8) is 0 Å². The minimum atomic E-state index is 0.323. The molecule has 1 aromatic heterocycles. The van der Waals surface area contributed by atoms with E-state index in [-0.39, 0.29) is 0 Å². The molecule has 0 unspecified atom stereocenters. The second-order valence-electron chi connectivity index (χ2n) is 6.10. The smallest absolute Gasteiger partial charge is 0.168 e. The van der Waals surface area contributed by atoms with Crippen LogP contribution in [0.2, 0.25) is 0 Å². The van der Waals surface area contributed by atoms with Gasteiger partial charge in [-0.3, -0.25) is 4.90 Å². The van der Waals surface area contributed by atoms with Gasteiger partial charge in [-0.15, -0.1) is 5.10 Å². The van der Waals surface area contributed by atoms with Crippen molar-refractivity contribution in [3.05, 3.63) is 5.82 Å². The van der Waals surface area contributed by atoms with Crippen molar-refractivity contribution in [1.82, 2.24) is 25.1 Å². The van der Waals surface area contributed by atoms with E-state index in [1.54, 1.807) is 0 Å². The fraction of sp³-hybridized carbons (Fsp3) is 0.929. The molecule has 2 heterocycles. The molecule has 0 spiro atoms. The average Bonchev–Trinajstić information content (AvgIpc) is 3.23. The minimum absolute atomic E-state index is 0.323. The highest BCUT2D eigenvalue weighted by atomic mass is 32.2. The number of tetrazole rings is 1. The Kier molecular flexibility index (Phi) is 4.04. The van der Waals surface area contributed by atoms with Gasteiger partial charge in [-0.1, -0.05) is 13.8 Å². The molecule has 2 aliphatic rings. The van der Waals surface area contributed by atoms with Crippen molar-refractivity contribution in [1.29, 1.82) is 0 Å². The lowest BCUT2D eigenvalue weighted by atomic mass is 10.00. The third-order valence-electron chi connectivity index (χ3n) is 4.90. The van der Waals surface area contributed by atoms with E-state index >= 15 is 0 Å². The summed E-state index contributed by atoms with van der Waals surface area (Å²) in [6, 6.07) is 0.882. The van der Waals surface area contributed by atoms with Crippen LogP contribution >= 0.6 is 11.8 Å². The second-order valence-corrected chi connectivity index (χ2v) is 7.66. The van der Waals surface area contributed by atoms with Crippen LogP contribution in [0.5, 0.6) is 0 Å². The predicted octanol–water partition coefficient (Wildman–Crippen LogP) is 2.68. The molecule has 6 heteroatoms. The summed E-state index contributed by atoms with van der Waals surface area (Å²) in [7, 11) is 0. The van der Waals surface area contributed by atoms with Gasteiger partial charge in [0, 0.05) is 23.6 Å². The van der Waals surface area contributed by atoms with Gasteiger partial charge in [-0.25, -0.2) is 4.68 Å². The molecule has 112 valence electrons. The highest BCUT2D eigenvalue weighted by Gasteiger charge is 2.37. The molecule has 5 nitrogen and oxygen atoms in total. The van der Waals surface area contributed by atoms with Crippen molar-refractivity contribution in [2.75, 3.05) is 18.8 Å². The Morgan fingerprint density at radius 1 is 1.35 bits per heavy atom. The molecule has 0 radical (unpaired) electrons. The fourth-order valence-electron chi connectivity index (χ4n) is 3.10. The van der Waals surface area contributed by atoms with Crippen molar-refractivity contribution in [2.24, 2.45) is 0 Å². The minimum Gasteiger partial charge on any atom is -0.291 e. The third kappa shape index (κ3) is 2.60. The predicted molar refractivity (Wildman–Crippen MR) is 81.8 cm³/mol. The molecule has 1 saturated carbocycles. The van der Waals surface area contributed by atoms with Gasteiger partial charge in [-0.2, -0.15) is 11.8 Å². The van der Waals surface area contributed by atoms with Crippen LogP contribution in [0.4, 0.5) is 0 Å². The average molecular weight is 295 g/mol. The largest absolute Gasteiger partial charge is 0.291 e. The summed E-state index contributed by atoms with van der Waals surface area (Å²) < 4.78 is 2.48. The molecule has 0 amide bonds. The van der Waals surface area contributed by atoms with Gasteiger partial charge in [0.15, 0.2) is 5.82 Å². The Labute approximate surface area is 125 Å². The van der Waals surface area contributed by atoms with Gasteiger partial charge in [0.2, 0.25) is 0 Å². The first-order valence-corrected chi connectivity index (χ1v) is 8.83. The lowest BCUT2D eigenvalue weighted by Gasteiger charge is -2.43. The summed E-state index contributed by atoms with van der Waals surface area (Å²) in [6.45, 7) is 9.20. The van der Waals surface area contributed by atoms with Crippen molar-refractivity contribution < 1.29 is 0 Å². The normalized spacial score (nSPS) is 24.8. The van der Waals surface area contributed by atoms with E-state index in [1.807, 2.05) is 0 Å². The highest BCUT2D eigenvalue weighted by Crippen LogP contribution is 2.40. The summed E-state index contributed by atoms with van der Waals surface area (Å²) in [5.74, 6) is 2.28. The van der Waals surface area contributed by atoms with E-state index in [2.05, 4.69) is 57.6 Å². The molecule has 0 aromatic carbocycles. The van der Waals surface area contributed by atoms with Crippen molar-refractivity contribution in [2.45, 2.75) is 63.3 Å². The molecule has 0 bridgehead atoms. The zero-order valence-electron chi connectivity index (χ0n) is 12.7. The quantitative estimate of drug-likeness (QED) is 0.836. The standard InChI is InChI=1S/C14H25N5S/c1-4-14(5-2)10-18(8-9-20-14)11(3)13-15-16-17-19(13)12-6-7-12/h11-12H,4-10H2,1-3H3/t11-/m0/s1. The lowest BCUT2D eigenvalue weighted by Crippen LogP contribution is -2.47. The maximum atomic E-state index is 4.31. The number of nitrogens with zero attached hydrogens (tertiary/aromatic N) is 5. The molecular formula is C14H25N5S. The van der Waals surface area contributed by atoms with E-state index in [4.69, 9.17) is 0 Å². The first-order chi connectivity index (χ1) is 9.69. The zero-order valence-corrected chi connectivity index (χ0v) is 13.6. The van der Waals surface area contributed by atoms with Crippen LogP contribution in [0.1, 0.15) is 64.4 Å². The summed E-state index contributed by atoms with van der Waals surface area (Å²) in [5.41, 5.74) is 0. The van der Waals surface area contributed by atoms with E-state index in [9.17, 15) is 0 Å². The zero-order chi connectivity index (χ0) is 14.2. The van der Waals surface area contributed by atoms with E-state index < -0.39 is 0 Å². The van der Waals surface area contributed by atoms with Crippen molar-refractivity contribution >= 4 is 11.8 Å². The maximum absolute atomic E-state index is 4.31. The molecule has 0 N–H and O–H groups in total.